The number of pyridine rings is 1. The topological polar surface area (TPSA) is 104 Å². The van der Waals surface area contributed by atoms with Gasteiger partial charge in [0, 0.05) is 35.8 Å². The van der Waals surface area contributed by atoms with Crippen molar-refractivity contribution in [3.8, 4) is 0 Å². The summed E-state index contributed by atoms with van der Waals surface area (Å²) in [5, 5.41) is 18.2. The van der Waals surface area contributed by atoms with E-state index in [4.69, 9.17) is 4.74 Å². The summed E-state index contributed by atoms with van der Waals surface area (Å²) in [6, 6.07) is 48.5. The summed E-state index contributed by atoms with van der Waals surface area (Å²) >= 11 is 3.51. The number of aryl methyl sites for hydroxylation is 2. The lowest BCUT2D eigenvalue weighted by atomic mass is 9.84. The van der Waals surface area contributed by atoms with Crippen molar-refractivity contribution >= 4 is 41.2 Å². The molecule has 6 aromatic rings. The van der Waals surface area contributed by atoms with Crippen LogP contribution in [0, 0.1) is 5.82 Å². The molecule has 7 rings (SSSR count). The summed E-state index contributed by atoms with van der Waals surface area (Å²) in [6.45, 7) is 6.55. The van der Waals surface area contributed by atoms with Gasteiger partial charge in [-0.1, -0.05) is 115 Å². The van der Waals surface area contributed by atoms with Gasteiger partial charge in [0.15, 0.2) is 0 Å². The molecule has 1 aromatic heterocycles. The Morgan fingerprint density at radius 2 is 1.45 bits per heavy atom. The smallest absolute Gasteiger partial charge is 0.410 e. The highest BCUT2D eigenvalue weighted by molar-refractivity contribution is 8.01. The van der Waals surface area contributed by atoms with Crippen molar-refractivity contribution in [2.24, 2.45) is 0 Å². The summed E-state index contributed by atoms with van der Waals surface area (Å²) in [7, 11) is 0. The zero-order valence-electron chi connectivity index (χ0n) is 37.5. The third kappa shape index (κ3) is 12.2. The van der Waals surface area contributed by atoms with Gasteiger partial charge in [-0.25, -0.2) is 9.18 Å². The molecule has 2 amide bonds. The molecule has 65 heavy (non-hydrogen) atoms. The van der Waals surface area contributed by atoms with Crippen LogP contribution in [0.25, 0.3) is 0 Å². The maximum Gasteiger partial charge on any atom is 0.410 e. The lowest BCUT2D eigenvalue weighted by molar-refractivity contribution is 0.0235. The first-order valence-electron chi connectivity index (χ1n) is 22.3. The molecule has 1 aliphatic rings. The van der Waals surface area contributed by atoms with Gasteiger partial charge in [-0.15, -0.1) is 11.8 Å². The third-order valence-corrected chi connectivity index (χ3v) is 14.1. The molecule has 5 aromatic carbocycles. The second-order valence-electron chi connectivity index (χ2n) is 17.5. The highest BCUT2D eigenvalue weighted by Gasteiger charge is 2.45. The van der Waals surface area contributed by atoms with E-state index >= 15 is 0 Å². The summed E-state index contributed by atoms with van der Waals surface area (Å²) in [6.07, 6.45) is 4.62. The van der Waals surface area contributed by atoms with Gasteiger partial charge < -0.3 is 25.4 Å². The number of aliphatic hydroxyl groups is 1. The van der Waals surface area contributed by atoms with Gasteiger partial charge >= 0.3 is 6.09 Å². The normalized spacial score (nSPS) is 16.1. The van der Waals surface area contributed by atoms with Crippen molar-refractivity contribution in [2.75, 3.05) is 30.4 Å². The van der Waals surface area contributed by atoms with E-state index in [0.717, 1.165) is 39.3 Å². The first-order valence-corrected chi connectivity index (χ1v) is 24.5. The summed E-state index contributed by atoms with van der Waals surface area (Å²) in [5.74, 6) is 0.120. The molecule has 3 N–H and O–H groups in total. The first kappa shape index (κ1) is 47.3. The zero-order chi connectivity index (χ0) is 45.8. The van der Waals surface area contributed by atoms with Gasteiger partial charge in [0.25, 0.3) is 5.91 Å². The third-order valence-electron chi connectivity index (χ3n) is 11.7. The number of rotatable bonds is 18. The number of benzene rings is 5. The molecule has 1 saturated heterocycles. The van der Waals surface area contributed by atoms with Crippen LogP contribution in [0.3, 0.4) is 0 Å². The lowest BCUT2D eigenvalue weighted by Gasteiger charge is -2.37. The number of thioether (sulfide) groups is 2. The van der Waals surface area contributed by atoms with Gasteiger partial charge in [-0.2, -0.15) is 11.8 Å². The largest absolute Gasteiger partial charge is 0.444 e. The van der Waals surface area contributed by atoms with Crippen LogP contribution in [0.4, 0.5) is 14.9 Å². The van der Waals surface area contributed by atoms with Crippen molar-refractivity contribution in [1.29, 1.82) is 0 Å². The number of aromatic nitrogens is 1. The number of likely N-dealkylation sites (tertiary alicyclic amines) is 1. The van der Waals surface area contributed by atoms with Crippen LogP contribution in [-0.2, 0) is 22.3 Å². The van der Waals surface area contributed by atoms with E-state index in [9.17, 15) is 19.1 Å². The number of halogens is 1. The van der Waals surface area contributed by atoms with E-state index in [-0.39, 0.29) is 29.1 Å². The van der Waals surface area contributed by atoms with E-state index in [1.54, 1.807) is 42.2 Å². The maximum absolute atomic E-state index is 14.4. The molecule has 1 unspecified atom stereocenters. The standard InChI is InChI=1S/C54H59FN4O4S2/c1-53(2,3)63-52(62)59-37-46(65-54(40-16-8-5-9-17-40,41-18-10-6-11-19-41)42-20-12-7-13-21-42)35-45(59)36-57-44-30-27-39(26-23-38-24-28-43(55)29-25-38)47(34-44)51(61)58-49(31-33-64-4)50(60)48-22-14-15-32-56-48/h5-22,24-25,27-30,32,34,45-46,49-50,57,60H,23,26,31,33,35-37H2,1-4H3,(H,58,61)/t45-,46-,49-,50?/m0/s1. The number of carbonyl (C=O) groups excluding carboxylic acids is 2. The molecule has 0 radical (unpaired) electrons. The molecule has 338 valence electrons. The number of nitrogens with zero attached hydrogens (tertiary/aromatic N) is 2. The molecule has 0 aliphatic carbocycles. The fourth-order valence-corrected chi connectivity index (χ4v) is 10.9. The number of anilines is 1. The number of carbonyl (C=O) groups is 2. The quantitative estimate of drug-likeness (QED) is 0.0733. The highest BCUT2D eigenvalue weighted by Crippen LogP contribution is 2.52. The highest BCUT2D eigenvalue weighted by atomic mass is 32.2. The summed E-state index contributed by atoms with van der Waals surface area (Å²) in [5.41, 5.74) is 6.23. The summed E-state index contributed by atoms with van der Waals surface area (Å²) < 4.78 is 19.2. The molecule has 4 atom stereocenters. The Hall–Kier alpha value is -5.62. The number of amides is 2. The minimum Gasteiger partial charge on any atom is -0.444 e. The molecular weight excluding hydrogens is 852 g/mol. The Morgan fingerprint density at radius 3 is 2.02 bits per heavy atom. The Balaban J connectivity index is 1.18. The maximum atomic E-state index is 14.4. The van der Waals surface area contributed by atoms with E-state index in [2.05, 4.69) is 88.4 Å². The molecule has 1 aliphatic heterocycles. The number of hydrogen-bond acceptors (Lipinski definition) is 8. The van der Waals surface area contributed by atoms with Gasteiger partial charge in [0.1, 0.15) is 17.5 Å². The monoisotopic (exact) mass is 910 g/mol. The van der Waals surface area contributed by atoms with Crippen LogP contribution in [0.15, 0.2) is 158 Å². The van der Waals surface area contributed by atoms with Gasteiger partial charge in [-0.3, -0.25) is 9.78 Å². The zero-order valence-corrected chi connectivity index (χ0v) is 39.2. The second-order valence-corrected chi connectivity index (χ2v) is 20.0. The van der Waals surface area contributed by atoms with Crippen molar-refractivity contribution in [3.63, 3.8) is 0 Å². The number of nitrogens with one attached hydrogen (secondary N) is 2. The molecular formula is C54H59FN4O4S2. The number of hydrogen-bond donors (Lipinski definition) is 3. The molecule has 11 heteroatoms. The van der Waals surface area contributed by atoms with Crippen LogP contribution < -0.4 is 10.6 Å². The van der Waals surface area contributed by atoms with Crippen molar-refractivity contribution < 1.29 is 23.8 Å². The Morgan fingerprint density at radius 1 is 0.831 bits per heavy atom. The molecule has 0 bridgehead atoms. The van der Waals surface area contributed by atoms with Crippen molar-refractivity contribution in [1.82, 2.24) is 15.2 Å². The fraction of sp³-hybridized carbons (Fsp3) is 0.315. The van der Waals surface area contributed by atoms with Crippen LogP contribution in [0.2, 0.25) is 0 Å². The molecule has 0 spiro atoms. The number of aliphatic hydroxyl groups excluding tert-OH is 1. The Kier molecular flexibility index (Phi) is 16.1. The predicted molar refractivity (Wildman–Crippen MR) is 264 cm³/mol. The van der Waals surface area contributed by atoms with E-state index in [1.807, 2.05) is 86.2 Å². The Bertz CT molecular complexity index is 2340. The minimum absolute atomic E-state index is 0.0221. The van der Waals surface area contributed by atoms with Gasteiger partial charge in [-0.05, 0) is 123 Å². The first-order chi connectivity index (χ1) is 31.4. The number of ether oxygens (including phenoxy) is 1. The lowest BCUT2D eigenvalue weighted by Crippen LogP contribution is -2.43. The molecule has 2 heterocycles. The van der Waals surface area contributed by atoms with Crippen LogP contribution in [0.1, 0.15) is 83.6 Å². The second kappa shape index (κ2) is 22.0. The van der Waals surface area contributed by atoms with Crippen LogP contribution >= 0.6 is 23.5 Å². The minimum atomic E-state index is -1.01. The van der Waals surface area contributed by atoms with E-state index in [0.29, 0.717) is 50.0 Å². The average molecular weight is 911 g/mol. The van der Waals surface area contributed by atoms with Crippen molar-refractivity contribution in [2.45, 2.75) is 80.2 Å². The van der Waals surface area contributed by atoms with Crippen LogP contribution in [0.5, 0.6) is 0 Å². The fourth-order valence-electron chi connectivity index (χ4n) is 8.51. The average Bonchev–Trinajstić information content (AvgIpc) is 3.74. The SMILES string of the molecule is CSCC[C@H](NC(=O)c1cc(NC[C@@H]2C[C@H](SC(c3ccccc3)(c3ccccc3)c3ccccc3)CN2C(=O)OC(C)(C)C)ccc1CCc1ccc(F)cc1)C(O)c1ccccn1. The molecule has 8 nitrogen and oxygen atoms in total. The van der Waals surface area contributed by atoms with E-state index in [1.165, 1.54) is 12.1 Å². The van der Waals surface area contributed by atoms with Gasteiger partial charge in [0.05, 0.1) is 22.5 Å². The Labute approximate surface area is 391 Å². The predicted octanol–water partition coefficient (Wildman–Crippen LogP) is 11.1. The van der Waals surface area contributed by atoms with Crippen LogP contribution in [-0.4, -0.2) is 75.0 Å². The van der Waals surface area contributed by atoms with Crippen molar-refractivity contribution in [3.05, 3.63) is 203 Å². The summed E-state index contributed by atoms with van der Waals surface area (Å²) in [4.78, 5) is 34.8. The molecule has 0 saturated carbocycles. The molecule has 1 fully saturated rings. The van der Waals surface area contributed by atoms with E-state index < -0.39 is 22.5 Å². The van der Waals surface area contributed by atoms with Gasteiger partial charge in [0.2, 0.25) is 0 Å².